The Morgan fingerprint density at radius 3 is 2.75 bits per heavy atom. The van der Waals surface area contributed by atoms with Crippen molar-refractivity contribution in [3.05, 3.63) is 0 Å². The number of likely N-dealkylation sites (N-methyl/N-ethyl adjacent to an activating group) is 1. The van der Waals surface area contributed by atoms with Crippen molar-refractivity contribution >= 4 is 5.97 Å². The molecule has 0 bridgehead atoms. The van der Waals surface area contributed by atoms with Gasteiger partial charge in [-0.2, -0.15) is 0 Å². The molecule has 1 aliphatic heterocycles. The summed E-state index contributed by atoms with van der Waals surface area (Å²) in [4.78, 5) is 15.5. The average molecular weight is 230 g/mol. The van der Waals surface area contributed by atoms with Gasteiger partial charge in [-0.25, -0.2) is 0 Å². The second-order valence-electron chi connectivity index (χ2n) is 4.42. The summed E-state index contributed by atoms with van der Waals surface area (Å²) in [6.45, 7) is 3.41. The van der Waals surface area contributed by atoms with E-state index in [1.54, 1.807) is 6.92 Å². The number of esters is 1. The van der Waals surface area contributed by atoms with Crippen LogP contribution in [0.15, 0.2) is 0 Å². The third-order valence-electron chi connectivity index (χ3n) is 3.08. The largest absolute Gasteiger partial charge is 0.465 e. The number of carbonyl (C=O) groups excluding carboxylic acids is 1. The third kappa shape index (κ3) is 3.43. The number of carbonyl (C=O) groups is 1. The third-order valence-corrected chi connectivity index (χ3v) is 3.08. The Bertz CT molecular complexity index is 233. The number of aliphatic hydroxyl groups excluding tert-OH is 1. The average Bonchev–Trinajstić information content (AvgIpc) is 2.61. The van der Waals surface area contributed by atoms with Crippen LogP contribution >= 0.6 is 0 Å². The molecule has 1 saturated heterocycles. The molecule has 0 aromatic carbocycles. The summed E-state index contributed by atoms with van der Waals surface area (Å²) in [7, 11) is 4.04. The van der Waals surface area contributed by atoms with Gasteiger partial charge >= 0.3 is 5.97 Å². The van der Waals surface area contributed by atoms with Gasteiger partial charge in [0.25, 0.3) is 0 Å². The molecule has 0 aromatic heterocycles. The van der Waals surface area contributed by atoms with Crippen LogP contribution in [0.4, 0.5) is 0 Å². The molecule has 0 aliphatic carbocycles. The predicted molar refractivity (Wildman–Crippen MR) is 61.2 cm³/mol. The van der Waals surface area contributed by atoms with Gasteiger partial charge in [-0.05, 0) is 27.4 Å². The summed E-state index contributed by atoms with van der Waals surface area (Å²) in [5, 5.41) is 9.27. The molecule has 0 radical (unpaired) electrons. The van der Waals surface area contributed by atoms with Crippen molar-refractivity contribution in [2.75, 3.05) is 40.4 Å². The summed E-state index contributed by atoms with van der Waals surface area (Å²) in [5.41, 5.74) is 0. The second kappa shape index (κ2) is 6.18. The van der Waals surface area contributed by atoms with Crippen LogP contribution in [-0.4, -0.2) is 73.4 Å². The SMILES string of the molecule is CCOC(=O)CN1C[C@H](N(C)C)C[C@H]1CO. The Balaban J connectivity index is 2.48. The standard InChI is InChI=1S/C11H22N2O3/c1-4-16-11(15)7-13-6-9(12(2)3)5-10(13)8-14/h9-10,14H,4-8H2,1-3H3/t9-,10+/m1/s1. The summed E-state index contributed by atoms with van der Waals surface area (Å²) in [6, 6.07) is 0.489. The lowest BCUT2D eigenvalue weighted by Gasteiger charge is -2.21. The van der Waals surface area contributed by atoms with Crippen molar-refractivity contribution in [3.63, 3.8) is 0 Å². The zero-order chi connectivity index (χ0) is 12.1. The number of aliphatic hydroxyl groups is 1. The highest BCUT2D eigenvalue weighted by Gasteiger charge is 2.33. The Morgan fingerprint density at radius 2 is 2.25 bits per heavy atom. The van der Waals surface area contributed by atoms with E-state index in [0.29, 0.717) is 12.6 Å². The fourth-order valence-electron chi connectivity index (χ4n) is 2.09. The monoisotopic (exact) mass is 230 g/mol. The van der Waals surface area contributed by atoms with E-state index in [0.717, 1.165) is 13.0 Å². The summed E-state index contributed by atoms with van der Waals surface area (Å²) in [5.74, 6) is -0.208. The van der Waals surface area contributed by atoms with Gasteiger partial charge in [-0.1, -0.05) is 0 Å². The first kappa shape index (κ1) is 13.4. The van der Waals surface area contributed by atoms with E-state index in [-0.39, 0.29) is 25.2 Å². The molecule has 2 atom stereocenters. The van der Waals surface area contributed by atoms with Gasteiger partial charge in [0.05, 0.1) is 19.8 Å². The van der Waals surface area contributed by atoms with Crippen molar-refractivity contribution in [3.8, 4) is 0 Å². The molecule has 5 nitrogen and oxygen atoms in total. The van der Waals surface area contributed by atoms with Crippen molar-refractivity contribution in [1.82, 2.24) is 9.80 Å². The molecule has 0 spiro atoms. The Morgan fingerprint density at radius 1 is 1.56 bits per heavy atom. The predicted octanol–water partition coefficient (Wildman–Crippen LogP) is -0.454. The molecule has 0 aromatic rings. The zero-order valence-electron chi connectivity index (χ0n) is 10.3. The van der Waals surface area contributed by atoms with Gasteiger partial charge in [0.15, 0.2) is 0 Å². The number of ether oxygens (including phenoxy) is 1. The maximum atomic E-state index is 11.4. The summed E-state index contributed by atoms with van der Waals surface area (Å²) >= 11 is 0. The number of likely N-dealkylation sites (tertiary alicyclic amines) is 1. The first-order valence-corrected chi connectivity index (χ1v) is 5.75. The van der Waals surface area contributed by atoms with E-state index < -0.39 is 0 Å². The van der Waals surface area contributed by atoms with Gasteiger partial charge in [-0.15, -0.1) is 0 Å². The van der Waals surface area contributed by atoms with Crippen LogP contribution in [0, 0.1) is 0 Å². The summed E-state index contributed by atoms with van der Waals surface area (Å²) in [6.07, 6.45) is 0.906. The number of hydrogen-bond acceptors (Lipinski definition) is 5. The lowest BCUT2D eigenvalue weighted by Crippen LogP contribution is -2.38. The van der Waals surface area contributed by atoms with E-state index in [1.165, 1.54) is 0 Å². The maximum Gasteiger partial charge on any atom is 0.320 e. The minimum absolute atomic E-state index is 0.0804. The van der Waals surface area contributed by atoms with Gasteiger partial charge in [-0.3, -0.25) is 9.69 Å². The van der Waals surface area contributed by atoms with Gasteiger partial charge in [0, 0.05) is 18.6 Å². The lowest BCUT2D eigenvalue weighted by atomic mass is 10.2. The molecular weight excluding hydrogens is 208 g/mol. The molecule has 1 aliphatic rings. The molecule has 1 fully saturated rings. The molecule has 1 rings (SSSR count). The van der Waals surface area contributed by atoms with Crippen molar-refractivity contribution in [2.24, 2.45) is 0 Å². The Hall–Kier alpha value is -0.650. The van der Waals surface area contributed by atoms with Crippen LogP contribution in [0.1, 0.15) is 13.3 Å². The Kier molecular flexibility index (Phi) is 5.18. The maximum absolute atomic E-state index is 11.4. The number of hydrogen-bond donors (Lipinski definition) is 1. The number of nitrogens with zero attached hydrogens (tertiary/aromatic N) is 2. The van der Waals surface area contributed by atoms with Gasteiger partial charge in [0.2, 0.25) is 0 Å². The van der Waals surface area contributed by atoms with E-state index in [2.05, 4.69) is 4.90 Å². The van der Waals surface area contributed by atoms with Crippen molar-refractivity contribution < 1.29 is 14.6 Å². The highest BCUT2D eigenvalue weighted by molar-refractivity contribution is 5.71. The molecule has 5 heteroatoms. The molecule has 1 N–H and O–H groups in total. The molecule has 16 heavy (non-hydrogen) atoms. The number of rotatable bonds is 5. The molecular formula is C11H22N2O3. The van der Waals surface area contributed by atoms with Gasteiger partial charge < -0.3 is 14.7 Å². The van der Waals surface area contributed by atoms with E-state index >= 15 is 0 Å². The molecule has 1 heterocycles. The van der Waals surface area contributed by atoms with Crippen LogP contribution in [0.3, 0.4) is 0 Å². The molecule has 94 valence electrons. The van der Waals surface area contributed by atoms with Crippen LogP contribution in [-0.2, 0) is 9.53 Å². The van der Waals surface area contributed by atoms with Crippen molar-refractivity contribution in [1.29, 1.82) is 0 Å². The quantitative estimate of drug-likeness (QED) is 0.648. The van der Waals surface area contributed by atoms with Crippen LogP contribution in [0.2, 0.25) is 0 Å². The Labute approximate surface area is 97.0 Å². The smallest absolute Gasteiger partial charge is 0.320 e. The van der Waals surface area contributed by atoms with Crippen molar-refractivity contribution in [2.45, 2.75) is 25.4 Å². The minimum atomic E-state index is -0.208. The topological polar surface area (TPSA) is 53.0 Å². The van der Waals surface area contributed by atoms with Crippen LogP contribution < -0.4 is 0 Å². The molecule has 0 amide bonds. The zero-order valence-corrected chi connectivity index (χ0v) is 10.3. The minimum Gasteiger partial charge on any atom is -0.465 e. The normalized spacial score (nSPS) is 26.3. The second-order valence-corrected chi connectivity index (χ2v) is 4.42. The fraction of sp³-hybridized carbons (Fsp3) is 0.909. The summed E-state index contributed by atoms with van der Waals surface area (Å²) < 4.78 is 4.92. The van der Waals surface area contributed by atoms with Crippen LogP contribution in [0.5, 0.6) is 0 Å². The van der Waals surface area contributed by atoms with E-state index in [1.807, 2.05) is 19.0 Å². The van der Waals surface area contributed by atoms with E-state index in [9.17, 15) is 9.90 Å². The molecule has 0 unspecified atom stereocenters. The van der Waals surface area contributed by atoms with Crippen LogP contribution in [0.25, 0.3) is 0 Å². The highest BCUT2D eigenvalue weighted by atomic mass is 16.5. The highest BCUT2D eigenvalue weighted by Crippen LogP contribution is 2.20. The fourth-order valence-corrected chi connectivity index (χ4v) is 2.09. The van der Waals surface area contributed by atoms with E-state index in [4.69, 9.17) is 4.74 Å². The first-order valence-electron chi connectivity index (χ1n) is 5.75. The molecule has 0 saturated carbocycles. The van der Waals surface area contributed by atoms with Gasteiger partial charge in [0.1, 0.15) is 0 Å². The lowest BCUT2D eigenvalue weighted by molar-refractivity contribution is -0.144. The first-order chi connectivity index (χ1) is 7.58.